The Kier molecular flexibility index (Phi) is 4.59. The van der Waals surface area contributed by atoms with E-state index in [0.717, 1.165) is 19.3 Å². The van der Waals surface area contributed by atoms with Crippen molar-refractivity contribution in [2.24, 2.45) is 0 Å². The van der Waals surface area contributed by atoms with Crippen LogP contribution in [-0.2, 0) is 4.79 Å². The van der Waals surface area contributed by atoms with Crippen molar-refractivity contribution < 1.29 is 14.7 Å². The third kappa shape index (κ3) is 3.80. The molecule has 21 heavy (non-hydrogen) atoms. The van der Waals surface area contributed by atoms with Gasteiger partial charge in [0.05, 0.1) is 12.0 Å². The van der Waals surface area contributed by atoms with E-state index in [0.29, 0.717) is 18.7 Å². The summed E-state index contributed by atoms with van der Waals surface area (Å²) in [5.74, 6) is -0.414. The van der Waals surface area contributed by atoms with Crippen LogP contribution in [0.15, 0.2) is 0 Å². The van der Waals surface area contributed by atoms with E-state index in [9.17, 15) is 9.59 Å². The average molecular weight is 294 g/mol. The molecule has 116 valence electrons. The molecule has 3 N–H and O–H groups in total. The maximum Gasteiger partial charge on any atom is 0.305 e. The highest BCUT2D eigenvalue weighted by Gasteiger charge is 2.36. The number of nitrogens with one attached hydrogen (secondary N) is 2. The number of carbonyl (C=O) groups is 2. The first-order chi connectivity index (χ1) is 9.92. The van der Waals surface area contributed by atoms with E-state index in [1.54, 1.807) is 0 Å². The molecule has 0 aliphatic heterocycles. The molecule has 1 saturated carbocycles. The fourth-order valence-corrected chi connectivity index (χ4v) is 2.79. The number of carboxylic acid groups (broad SMARTS) is 1. The van der Waals surface area contributed by atoms with Crippen LogP contribution in [0.3, 0.4) is 0 Å². The van der Waals surface area contributed by atoms with E-state index in [1.807, 2.05) is 13.8 Å². The lowest BCUT2D eigenvalue weighted by molar-refractivity contribution is -0.139. The predicted molar refractivity (Wildman–Crippen MR) is 76.0 cm³/mol. The fourth-order valence-electron chi connectivity index (χ4n) is 2.79. The van der Waals surface area contributed by atoms with Gasteiger partial charge in [-0.3, -0.25) is 14.7 Å². The van der Waals surface area contributed by atoms with Gasteiger partial charge in [0, 0.05) is 5.92 Å². The van der Waals surface area contributed by atoms with Crippen LogP contribution in [0, 0.1) is 0 Å². The van der Waals surface area contributed by atoms with Gasteiger partial charge < -0.3 is 10.4 Å². The predicted octanol–water partition coefficient (Wildman–Crippen LogP) is 1.84. The number of aromatic nitrogens is 3. The molecule has 7 nitrogen and oxygen atoms in total. The number of carbonyl (C=O) groups excluding carboxylic acids is 1. The zero-order valence-corrected chi connectivity index (χ0v) is 12.5. The van der Waals surface area contributed by atoms with Crippen molar-refractivity contribution in [1.82, 2.24) is 20.5 Å². The summed E-state index contributed by atoms with van der Waals surface area (Å²) in [6.07, 6.45) is 4.26. The smallest absolute Gasteiger partial charge is 0.305 e. The Bertz CT molecular complexity index is 518. The molecule has 1 heterocycles. The lowest BCUT2D eigenvalue weighted by Gasteiger charge is -2.36. The Labute approximate surface area is 123 Å². The third-order valence-electron chi connectivity index (χ3n) is 3.93. The molecule has 0 saturated heterocycles. The molecular formula is C14H22N4O3. The average Bonchev–Trinajstić information content (AvgIpc) is 2.88. The Morgan fingerprint density at radius 1 is 1.33 bits per heavy atom. The zero-order chi connectivity index (χ0) is 15.5. The number of hydrogen-bond donors (Lipinski definition) is 3. The number of amides is 1. The summed E-state index contributed by atoms with van der Waals surface area (Å²) in [4.78, 5) is 27.5. The highest BCUT2D eigenvalue weighted by molar-refractivity contribution is 5.91. The summed E-state index contributed by atoms with van der Waals surface area (Å²) in [5.41, 5.74) is -0.667. The van der Waals surface area contributed by atoms with Crippen molar-refractivity contribution in [3.8, 4) is 0 Å². The molecule has 0 bridgehead atoms. The van der Waals surface area contributed by atoms with Crippen LogP contribution in [0.4, 0.5) is 0 Å². The number of H-pyrrole nitrogens is 1. The van der Waals surface area contributed by atoms with Gasteiger partial charge in [-0.1, -0.05) is 33.1 Å². The quantitative estimate of drug-likeness (QED) is 0.768. The Morgan fingerprint density at radius 3 is 2.52 bits per heavy atom. The lowest BCUT2D eigenvalue weighted by atomic mass is 9.79. The van der Waals surface area contributed by atoms with Crippen LogP contribution < -0.4 is 5.32 Å². The molecule has 0 spiro atoms. The van der Waals surface area contributed by atoms with Crippen LogP contribution in [0.5, 0.6) is 0 Å². The molecule has 1 aromatic rings. The Morgan fingerprint density at radius 2 is 2.00 bits per heavy atom. The van der Waals surface area contributed by atoms with Crippen molar-refractivity contribution in [2.75, 3.05) is 0 Å². The van der Waals surface area contributed by atoms with Gasteiger partial charge in [-0.05, 0) is 12.8 Å². The second kappa shape index (κ2) is 6.24. The molecular weight excluding hydrogens is 272 g/mol. The van der Waals surface area contributed by atoms with Crippen LogP contribution in [0.25, 0.3) is 0 Å². The number of rotatable bonds is 5. The maximum atomic E-state index is 12.3. The number of aromatic amines is 1. The SMILES string of the molecule is CC(C)c1nc(C(=O)NC2(CC(=O)O)CCCCC2)n[nH]1. The lowest BCUT2D eigenvalue weighted by Crippen LogP contribution is -2.51. The molecule has 0 aromatic carbocycles. The van der Waals surface area contributed by atoms with Crippen molar-refractivity contribution in [2.45, 2.75) is 63.8 Å². The summed E-state index contributed by atoms with van der Waals surface area (Å²) < 4.78 is 0. The summed E-state index contributed by atoms with van der Waals surface area (Å²) in [5, 5.41) is 18.6. The van der Waals surface area contributed by atoms with E-state index in [4.69, 9.17) is 5.11 Å². The van der Waals surface area contributed by atoms with Crippen LogP contribution >= 0.6 is 0 Å². The summed E-state index contributed by atoms with van der Waals surface area (Å²) >= 11 is 0. The first-order valence-corrected chi connectivity index (χ1v) is 7.38. The number of aliphatic carboxylic acids is 1. The summed E-state index contributed by atoms with van der Waals surface area (Å²) in [7, 11) is 0. The van der Waals surface area contributed by atoms with Crippen molar-refractivity contribution in [3.63, 3.8) is 0 Å². The van der Waals surface area contributed by atoms with Gasteiger partial charge in [-0.2, -0.15) is 0 Å². The van der Waals surface area contributed by atoms with E-state index in [2.05, 4.69) is 20.5 Å². The molecule has 1 aliphatic rings. The normalized spacial score (nSPS) is 17.7. The van der Waals surface area contributed by atoms with Crippen molar-refractivity contribution in [1.29, 1.82) is 0 Å². The zero-order valence-electron chi connectivity index (χ0n) is 12.5. The number of nitrogens with zero attached hydrogens (tertiary/aromatic N) is 2. The Hall–Kier alpha value is -1.92. The highest BCUT2D eigenvalue weighted by Crippen LogP contribution is 2.31. The van der Waals surface area contributed by atoms with Crippen LogP contribution in [-0.4, -0.2) is 37.7 Å². The third-order valence-corrected chi connectivity index (χ3v) is 3.93. The van der Waals surface area contributed by atoms with E-state index < -0.39 is 17.4 Å². The monoisotopic (exact) mass is 294 g/mol. The largest absolute Gasteiger partial charge is 0.481 e. The van der Waals surface area contributed by atoms with Gasteiger partial charge in [0.15, 0.2) is 0 Å². The van der Waals surface area contributed by atoms with E-state index in [-0.39, 0.29) is 18.2 Å². The topological polar surface area (TPSA) is 108 Å². The van der Waals surface area contributed by atoms with Crippen molar-refractivity contribution in [3.05, 3.63) is 11.6 Å². The molecule has 0 unspecified atom stereocenters. The molecule has 0 atom stereocenters. The van der Waals surface area contributed by atoms with Crippen LogP contribution in [0.2, 0.25) is 0 Å². The Balaban J connectivity index is 2.11. The van der Waals surface area contributed by atoms with E-state index >= 15 is 0 Å². The van der Waals surface area contributed by atoms with Crippen LogP contribution in [0.1, 0.15) is 74.7 Å². The van der Waals surface area contributed by atoms with Gasteiger partial charge >= 0.3 is 5.97 Å². The summed E-state index contributed by atoms with van der Waals surface area (Å²) in [6.45, 7) is 3.91. The molecule has 1 amide bonds. The minimum atomic E-state index is -0.893. The maximum absolute atomic E-state index is 12.3. The first-order valence-electron chi connectivity index (χ1n) is 7.38. The van der Waals surface area contributed by atoms with Gasteiger partial charge in [0.2, 0.25) is 5.82 Å². The van der Waals surface area contributed by atoms with Gasteiger partial charge in [-0.15, -0.1) is 5.10 Å². The molecule has 1 aliphatic carbocycles. The number of hydrogen-bond acceptors (Lipinski definition) is 4. The molecule has 1 aromatic heterocycles. The summed E-state index contributed by atoms with van der Waals surface area (Å²) in [6, 6.07) is 0. The second-order valence-electron chi connectivity index (χ2n) is 6.06. The minimum absolute atomic E-state index is 0.0554. The minimum Gasteiger partial charge on any atom is -0.481 e. The van der Waals surface area contributed by atoms with Gasteiger partial charge in [-0.25, -0.2) is 4.98 Å². The molecule has 0 radical (unpaired) electrons. The van der Waals surface area contributed by atoms with Gasteiger partial charge in [0.25, 0.3) is 5.91 Å². The van der Waals surface area contributed by atoms with Crippen molar-refractivity contribution >= 4 is 11.9 Å². The fraction of sp³-hybridized carbons (Fsp3) is 0.714. The van der Waals surface area contributed by atoms with E-state index in [1.165, 1.54) is 0 Å². The molecule has 1 fully saturated rings. The second-order valence-corrected chi connectivity index (χ2v) is 6.06. The number of carboxylic acids is 1. The molecule has 7 heteroatoms. The molecule has 2 rings (SSSR count). The van der Waals surface area contributed by atoms with Gasteiger partial charge in [0.1, 0.15) is 5.82 Å². The standard InChI is InChI=1S/C14H22N4O3/c1-9(2)11-15-12(18-17-11)13(21)16-14(8-10(19)20)6-4-3-5-7-14/h9H,3-8H2,1-2H3,(H,16,21)(H,19,20)(H,15,17,18). The highest BCUT2D eigenvalue weighted by atomic mass is 16.4. The first kappa shape index (κ1) is 15.5.